The summed E-state index contributed by atoms with van der Waals surface area (Å²) in [5.74, 6) is 0.408. The van der Waals surface area contributed by atoms with E-state index in [0.29, 0.717) is 5.75 Å². The van der Waals surface area contributed by atoms with Gasteiger partial charge in [-0.3, -0.25) is 4.79 Å². The number of hydrogen-bond acceptors (Lipinski definition) is 2. The summed E-state index contributed by atoms with van der Waals surface area (Å²) in [5, 5.41) is 1.09. The first-order valence-corrected chi connectivity index (χ1v) is 6.22. The SMILES string of the molecule is CC(=O)SCC=Cc1c[nH]c2cc(F)ccc12. The summed E-state index contributed by atoms with van der Waals surface area (Å²) < 4.78 is 13.0. The number of hydrogen-bond donors (Lipinski definition) is 1. The molecule has 2 nitrogen and oxygen atoms in total. The highest BCUT2D eigenvalue weighted by molar-refractivity contribution is 8.13. The molecule has 0 atom stereocenters. The second-order valence-corrected chi connectivity index (χ2v) is 4.84. The van der Waals surface area contributed by atoms with Gasteiger partial charge in [-0.05, 0) is 23.8 Å². The van der Waals surface area contributed by atoms with Crippen molar-refractivity contribution >= 4 is 33.9 Å². The lowest BCUT2D eigenvalue weighted by Gasteiger charge is -1.92. The Labute approximate surface area is 103 Å². The number of halogens is 1. The van der Waals surface area contributed by atoms with Gasteiger partial charge >= 0.3 is 0 Å². The van der Waals surface area contributed by atoms with Crippen molar-refractivity contribution < 1.29 is 9.18 Å². The molecule has 1 aromatic heterocycles. The topological polar surface area (TPSA) is 32.9 Å². The molecule has 1 N–H and O–H groups in total. The molecule has 0 fully saturated rings. The molecule has 0 spiro atoms. The molecule has 88 valence electrons. The van der Waals surface area contributed by atoms with Crippen LogP contribution in [0.1, 0.15) is 12.5 Å². The van der Waals surface area contributed by atoms with Crippen LogP contribution in [0.4, 0.5) is 4.39 Å². The highest BCUT2D eigenvalue weighted by Crippen LogP contribution is 2.20. The van der Waals surface area contributed by atoms with E-state index in [2.05, 4.69) is 4.98 Å². The molecule has 0 aliphatic rings. The molecule has 1 heterocycles. The van der Waals surface area contributed by atoms with Crippen LogP contribution in [0.15, 0.2) is 30.5 Å². The molecule has 2 aromatic rings. The van der Waals surface area contributed by atoms with Crippen molar-refractivity contribution in [2.75, 3.05) is 5.75 Å². The van der Waals surface area contributed by atoms with Gasteiger partial charge in [0.05, 0.1) is 0 Å². The largest absolute Gasteiger partial charge is 0.360 e. The molecule has 17 heavy (non-hydrogen) atoms. The van der Waals surface area contributed by atoms with Crippen LogP contribution in [-0.4, -0.2) is 15.9 Å². The van der Waals surface area contributed by atoms with E-state index in [1.165, 1.54) is 23.9 Å². The van der Waals surface area contributed by atoms with Gasteiger partial charge in [-0.15, -0.1) is 0 Å². The van der Waals surface area contributed by atoms with E-state index in [0.717, 1.165) is 16.5 Å². The third-order valence-corrected chi connectivity index (χ3v) is 3.12. The van der Waals surface area contributed by atoms with Crippen molar-refractivity contribution in [1.29, 1.82) is 0 Å². The maximum atomic E-state index is 13.0. The van der Waals surface area contributed by atoms with Crippen LogP contribution in [0, 0.1) is 5.82 Å². The average molecular weight is 249 g/mol. The van der Waals surface area contributed by atoms with Gasteiger partial charge in [-0.2, -0.15) is 0 Å². The Morgan fingerprint density at radius 3 is 3.12 bits per heavy atom. The van der Waals surface area contributed by atoms with Gasteiger partial charge in [-0.25, -0.2) is 4.39 Å². The Bertz CT molecular complexity index is 574. The van der Waals surface area contributed by atoms with Crippen molar-refractivity contribution in [3.63, 3.8) is 0 Å². The van der Waals surface area contributed by atoms with Crippen LogP contribution in [0.5, 0.6) is 0 Å². The first kappa shape index (κ1) is 11.9. The minimum absolute atomic E-state index is 0.107. The molecule has 0 aliphatic carbocycles. The van der Waals surface area contributed by atoms with Crippen LogP contribution in [0.2, 0.25) is 0 Å². The molecule has 4 heteroatoms. The molecule has 0 saturated heterocycles. The van der Waals surface area contributed by atoms with Gasteiger partial charge in [0.25, 0.3) is 0 Å². The minimum atomic E-state index is -0.248. The molecule has 0 saturated carbocycles. The number of H-pyrrole nitrogens is 1. The van der Waals surface area contributed by atoms with Gasteiger partial charge in [0.2, 0.25) is 0 Å². The number of thioether (sulfide) groups is 1. The summed E-state index contributed by atoms with van der Waals surface area (Å²) in [6.45, 7) is 1.55. The number of benzene rings is 1. The highest BCUT2D eigenvalue weighted by Gasteiger charge is 2.01. The Kier molecular flexibility index (Phi) is 3.64. The Morgan fingerprint density at radius 2 is 2.35 bits per heavy atom. The fraction of sp³-hybridized carbons (Fsp3) is 0.154. The molecule has 0 bridgehead atoms. The second kappa shape index (κ2) is 5.19. The number of aromatic amines is 1. The van der Waals surface area contributed by atoms with E-state index in [1.54, 1.807) is 13.0 Å². The third-order valence-electron chi connectivity index (χ3n) is 2.36. The fourth-order valence-corrected chi connectivity index (χ4v) is 2.03. The summed E-state index contributed by atoms with van der Waals surface area (Å²) in [4.78, 5) is 13.7. The monoisotopic (exact) mass is 249 g/mol. The lowest BCUT2D eigenvalue weighted by molar-refractivity contribution is -0.109. The quantitative estimate of drug-likeness (QED) is 0.901. The molecular weight excluding hydrogens is 237 g/mol. The average Bonchev–Trinajstić information content (AvgIpc) is 2.66. The van der Waals surface area contributed by atoms with Gasteiger partial charge in [0, 0.05) is 29.8 Å². The van der Waals surface area contributed by atoms with Gasteiger partial charge in [0.1, 0.15) is 5.82 Å². The van der Waals surface area contributed by atoms with E-state index < -0.39 is 0 Å². The number of fused-ring (bicyclic) bond motifs is 1. The van der Waals surface area contributed by atoms with Crippen molar-refractivity contribution in [1.82, 2.24) is 4.98 Å². The Morgan fingerprint density at radius 1 is 1.53 bits per heavy atom. The molecule has 0 amide bonds. The fourth-order valence-electron chi connectivity index (χ4n) is 1.60. The Hall–Kier alpha value is -1.55. The zero-order chi connectivity index (χ0) is 12.3. The molecule has 1 aromatic carbocycles. The lowest BCUT2D eigenvalue weighted by atomic mass is 10.1. The summed E-state index contributed by atoms with van der Waals surface area (Å²) in [5.41, 5.74) is 1.79. The number of nitrogens with one attached hydrogen (secondary N) is 1. The predicted octanol–water partition coefficient (Wildman–Crippen LogP) is 3.60. The zero-order valence-corrected chi connectivity index (χ0v) is 10.2. The second-order valence-electron chi connectivity index (χ2n) is 3.64. The van der Waals surface area contributed by atoms with Crippen LogP contribution in [0.3, 0.4) is 0 Å². The van der Waals surface area contributed by atoms with Crippen molar-refractivity contribution in [3.8, 4) is 0 Å². The number of carbonyl (C=O) groups is 1. The van der Waals surface area contributed by atoms with E-state index in [1.807, 2.05) is 18.3 Å². The Balaban J connectivity index is 2.16. The third kappa shape index (κ3) is 2.97. The van der Waals surface area contributed by atoms with E-state index in [4.69, 9.17) is 0 Å². The lowest BCUT2D eigenvalue weighted by Crippen LogP contribution is -1.81. The predicted molar refractivity (Wildman–Crippen MR) is 70.4 cm³/mol. The van der Waals surface area contributed by atoms with Crippen LogP contribution < -0.4 is 0 Å². The first-order valence-electron chi connectivity index (χ1n) is 5.23. The van der Waals surface area contributed by atoms with Gasteiger partial charge in [-0.1, -0.05) is 23.9 Å². The number of aromatic nitrogens is 1. The summed E-state index contributed by atoms with van der Waals surface area (Å²) in [6.07, 6.45) is 5.70. The molecule has 0 unspecified atom stereocenters. The van der Waals surface area contributed by atoms with Crippen molar-refractivity contribution in [2.45, 2.75) is 6.92 Å². The summed E-state index contributed by atoms with van der Waals surface area (Å²) in [7, 11) is 0. The van der Waals surface area contributed by atoms with Gasteiger partial charge < -0.3 is 4.98 Å². The van der Waals surface area contributed by atoms with Gasteiger partial charge in [0.15, 0.2) is 5.12 Å². The van der Waals surface area contributed by atoms with Crippen molar-refractivity contribution in [3.05, 3.63) is 41.9 Å². The minimum Gasteiger partial charge on any atom is -0.360 e. The molecule has 0 aliphatic heterocycles. The normalized spacial score (nSPS) is 11.4. The molecule has 0 radical (unpaired) electrons. The van der Waals surface area contributed by atoms with E-state index in [9.17, 15) is 9.18 Å². The zero-order valence-electron chi connectivity index (χ0n) is 9.37. The van der Waals surface area contributed by atoms with Crippen LogP contribution in [-0.2, 0) is 4.79 Å². The number of rotatable bonds is 3. The van der Waals surface area contributed by atoms with Crippen molar-refractivity contribution in [2.24, 2.45) is 0 Å². The highest BCUT2D eigenvalue weighted by atomic mass is 32.2. The molecule has 2 rings (SSSR count). The smallest absolute Gasteiger partial charge is 0.186 e. The summed E-state index contributed by atoms with van der Waals surface area (Å²) in [6, 6.07) is 4.66. The van der Waals surface area contributed by atoms with E-state index in [-0.39, 0.29) is 10.9 Å². The molecular formula is C13H12FNOS. The van der Waals surface area contributed by atoms with Crippen LogP contribution in [0.25, 0.3) is 17.0 Å². The standard InChI is InChI=1S/C13H12FNOS/c1-9(16)17-6-2-3-10-8-15-13-7-11(14)4-5-12(10)13/h2-5,7-8,15H,6H2,1H3. The maximum absolute atomic E-state index is 13.0. The number of carbonyl (C=O) groups excluding carboxylic acids is 1. The van der Waals surface area contributed by atoms with Crippen LogP contribution >= 0.6 is 11.8 Å². The first-order chi connectivity index (χ1) is 8.16. The van der Waals surface area contributed by atoms with E-state index >= 15 is 0 Å². The maximum Gasteiger partial charge on any atom is 0.186 e. The summed E-state index contributed by atoms with van der Waals surface area (Å²) >= 11 is 1.27.